The number of carbonyl (C=O) groups excluding carboxylic acids is 1. The standard InChI is InChI=1S/C15H23N3O2/c1-11(16)12-4-3-5-13(10-12)17-14(19)18-8-6-15(2,20)7-9-18/h3-5,10-11,20H,6-9,16H2,1-2H3,(H,17,19). The number of nitrogens with two attached hydrogens (primary N) is 1. The van der Waals surface area contributed by atoms with Crippen molar-refractivity contribution in [2.45, 2.75) is 38.3 Å². The first kappa shape index (κ1) is 14.8. The molecule has 0 aromatic heterocycles. The number of nitrogens with one attached hydrogen (secondary N) is 1. The number of hydrogen-bond donors (Lipinski definition) is 3. The van der Waals surface area contributed by atoms with Gasteiger partial charge < -0.3 is 21.1 Å². The highest BCUT2D eigenvalue weighted by molar-refractivity contribution is 5.89. The number of piperidine rings is 1. The summed E-state index contributed by atoms with van der Waals surface area (Å²) < 4.78 is 0. The minimum absolute atomic E-state index is 0.0584. The lowest BCUT2D eigenvalue weighted by Gasteiger charge is -2.35. The number of amides is 2. The topological polar surface area (TPSA) is 78.6 Å². The van der Waals surface area contributed by atoms with Crippen molar-refractivity contribution in [1.82, 2.24) is 4.90 Å². The number of aliphatic hydroxyl groups is 1. The molecule has 1 saturated heterocycles. The Kier molecular flexibility index (Phi) is 4.30. The summed E-state index contributed by atoms with van der Waals surface area (Å²) in [6, 6.07) is 7.39. The molecule has 4 N–H and O–H groups in total. The Labute approximate surface area is 119 Å². The van der Waals surface area contributed by atoms with Gasteiger partial charge in [-0.1, -0.05) is 12.1 Å². The number of carbonyl (C=O) groups is 1. The molecule has 1 heterocycles. The first-order chi connectivity index (χ1) is 9.37. The van der Waals surface area contributed by atoms with Gasteiger partial charge in [0.15, 0.2) is 0 Å². The molecule has 20 heavy (non-hydrogen) atoms. The zero-order valence-corrected chi connectivity index (χ0v) is 12.1. The van der Waals surface area contributed by atoms with Crippen LogP contribution >= 0.6 is 0 Å². The van der Waals surface area contributed by atoms with Crippen LogP contribution in [-0.2, 0) is 0 Å². The summed E-state index contributed by atoms with van der Waals surface area (Å²) in [5.74, 6) is 0. The second-order valence-electron chi connectivity index (χ2n) is 5.83. The molecular formula is C15H23N3O2. The van der Waals surface area contributed by atoms with Crippen LogP contribution < -0.4 is 11.1 Å². The molecule has 5 nitrogen and oxygen atoms in total. The van der Waals surface area contributed by atoms with Gasteiger partial charge in [-0.25, -0.2) is 4.79 Å². The second kappa shape index (κ2) is 5.81. The maximum Gasteiger partial charge on any atom is 0.321 e. The van der Waals surface area contributed by atoms with Gasteiger partial charge in [0.05, 0.1) is 5.60 Å². The maximum absolute atomic E-state index is 12.2. The predicted molar refractivity (Wildman–Crippen MR) is 79.5 cm³/mol. The molecule has 1 aliphatic heterocycles. The van der Waals surface area contributed by atoms with E-state index in [0.717, 1.165) is 11.3 Å². The Hall–Kier alpha value is -1.59. The fourth-order valence-electron chi connectivity index (χ4n) is 2.29. The Bertz CT molecular complexity index is 476. The van der Waals surface area contributed by atoms with Crippen LogP contribution in [0.1, 0.15) is 38.3 Å². The Morgan fingerprint density at radius 2 is 2.10 bits per heavy atom. The van der Waals surface area contributed by atoms with Gasteiger partial charge >= 0.3 is 6.03 Å². The number of hydrogen-bond acceptors (Lipinski definition) is 3. The zero-order chi connectivity index (χ0) is 14.8. The maximum atomic E-state index is 12.2. The van der Waals surface area contributed by atoms with Crippen LogP contribution in [0.2, 0.25) is 0 Å². The lowest BCUT2D eigenvalue weighted by Crippen LogP contribution is -2.46. The summed E-state index contributed by atoms with van der Waals surface area (Å²) in [5, 5.41) is 12.8. The van der Waals surface area contributed by atoms with E-state index in [1.807, 2.05) is 38.1 Å². The Balaban J connectivity index is 1.96. The summed E-state index contributed by atoms with van der Waals surface area (Å²) in [7, 11) is 0. The van der Waals surface area contributed by atoms with E-state index in [1.54, 1.807) is 4.90 Å². The van der Waals surface area contributed by atoms with E-state index in [2.05, 4.69) is 5.32 Å². The van der Waals surface area contributed by atoms with E-state index < -0.39 is 5.60 Å². The van der Waals surface area contributed by atoms with Gasteiger partial charge in [-0.15, -0.1) is 0 Å². The fraction of sp³-hybridized carbons (Fsp3) is 0.533. The molecule has 1 unspecified atom stereocenters. The van der Waals surface area contributed by atoms with Gasteiger partial charge in [-0.05, 0) is 44.4 Å². The van der Waals surface area contributed by atoms with Crippen molar-refractivity contribution < 1.29 is 9.90 Å². The molecule has 0 radical (unpaired) electrons. The quantitative estimate of drug-likeness (QED) is 0.774. The van der Waals surface area contributed by atoms with Gasteiger partial charge in [-0.3, -0.25) is 0 Å². The van der Waals surface area contributed by atoms with Crippen LogP contribution in [0, 0.1) is 0 Å². The van der Waals surface area contributed by atoms with Crippen molar-refractivity contribution in [3.05, 3.63) is 29.8 Å². The summed E-state index contributed by atoms with van der Waals surface area (Å²) >= 11 is 0. The van der Waals surface area contributed by atoms with Crippen molar-refractivity contribution in [1.29, 1.82) is 0 Å². The normalized spacial score (nSPS) is 19.5. The van der Waals surface area contributed by atoms with Crippen LogP contribution in [-0.4, -0.2) is 34.7 Å². The third-order valence-corrected chi connectivity index (χ3v) is 3.79. The molecule has 1 aromatic carbocycles. The zero-order valence-electron chi connectivity index (χ0n) is 12.1. The monoisotopic (exact) mass is 277 g/mol. The van der Waals surface area contributed by atoms with Crippen molar-refractivity contribution in [3.63, 3.8) is 0 Å². The molecule has 1 aliphatic rings. The van der Waals surface area contributed by atoms with Crippen molar-refractivity contribution in [3.8, 4) is 0 Å². The van der Waals surface area contributed by atoms with Crippen LogP contribution in [0.5, 0.6) is 0 Å². The van der Waals surface area contributed by atoms with Gasteiger partial charge in [0.25, 0.3) is 0 Å². The number of nitrogens with zero attached hydrogens (tertiary/aromatic N) is 1. The SMILES string of the molecule is CC(N)c1cccc(NC(=O)N2CCC(C)(O)CC2)c1. The first-order valence-electron chi connectivity index (χ1n) is 7.01. The van der Waals surface area contributed by atoms with E-state index in [0.29, 0.717) is 25.9 Å². The van der Waals surface area contributed by atoms with E-state index >= 15 is 0 Å². The lowest BCUT2D eigenvalue weighted by atomic mass is 9.94. The van der Waals surface area contributed by atoms with E-state index in [4.69, 9.17) is 5.73 Å². The molecule has 1 atom stereocenters. The third kappa shape index (κ3) is 3.71. The lowest BCUT2D eigenvalue weighted by molar-refractivity contribution is 0.00570. The molecule has 0 saturated carbocycles. The van der Waals surface area contributed by atoms with Crippen LogP contribution in [0.15, 0.2) is 24.3 Å². The fourth-order valence-corrected chi connectivity index (χ4v) is 2.29. The highest BCUT2D eigenvalue weighted by Crippen LogP contribution is 2.22. The average molecular weight is 277 g/mol. The van der Waals surface area contributed by atoms with Gasteiger partial charge in [0.2, 0.25) is 0 Å². The van der Waals surface area contributed by atoms with Gasteiger partial charge in [0.1, 0.15) is 0 Å². The predicted octanol–water partition coefficient (Wildman–Crippen LogP) is 2.08. The molecule has 2 rings (SSSR count). The van der Waals surface area contributed by atoms with Crippen molar-refractivity contribution in [2.24, 2.45) is 5.73 Å². The molecule has 1 aromatic rings. The first-order valence-corrected chi connectivity index (χ1v) is 7.01. The van der Waals surface area contributed by atoms with Crippen LogP contribution in [0.4, 0.5) is 10.5 Å². The largest absolute Gasteiger partial charge is 0.390 e. The van der Waals surface area contributed by atoms with E-state index in [1.165, 1.54) is 0 Å². The van der Waals surface area contributed by atoms with Gasteiger partial charge in [-0.2, -0.15) is 0 Å². The van der Waals surface area contributed by atoms with Crippen molar-refractivity contribution >= 4 is 11.7 Å². The molecule has 0 aliphatic carbocycles. The Morgan fingerprint density at radius 1 is 1.45 bits per heavy atom. The highest BCUT2D eigenvalue weighted by atomic mass is 16.3. The minimum Gasteiger partial charge on any atom is -0.390 e. The molecular weight excluding hydrogens is 254 g/mol. The number of anilines is 1. The van der Waals surface area contributed by atoms with E-state index in [9.17, 15) is 9.90 Å². The van der Waals surface area contributed by atoms with Crippen LogP contribution in [0.3, 0.4) is 0 Å². The summed E-state index contributed by atoms with van der Waals surface area (Å²) in [6.07, 6.45) is 1.22. The minimum atomic E-state index is -0.647. The number of urea groups is 1. The van der Waals surface area contributed by atoms with E-state index in [-0.39, 0.29) is 12.1 Å². The van der Waals surface area contributed by atoms with Gasteiger partial charge in [0, 0.05) is 24.8 Å². The molecule has 2 amide bonds. The summed E-state index contributed by atoms with van der Waals surface area (Å²) in [6.45, 7) is 4.87. The number of benzene rings is 1. The highest BCUT2D eigenvalue weighted by Gasteiger charge is 2.29. The third-order valence-electron chi connectivity index (χ3n) is 3.79. The average Bonchev–Trinajstić information content (AvgIpc) is 2.38. The van der Waals surface area contributed by atoms with Crippen LogP contribution in [0.25, 0.3) is 0 Å². The Morgan fingerprint density at radius 3 is 2.70 bits per heavy atom. The molecule has 0 bridgehead atoms. The molecule has 5 heteroatoms. The van der Waals surface area contributed by atoms with Crippen molar-refractivity contribution in [2.75, 3.05) is 18.4 Å². The number of likely N-dealkylation sites (tertiary alicyclic amines) is 1. The summed E-state index contributed by atoms with van der Waals surface area (Å²) in [4.78, 5) is 13.9. The molecule has 0 spiro atoms. The smallest absolute Gasteiger partial charge is 0.321 e. The molecule has 110 valence electrons. The number of rotatable bonds is 2. The molecule has 1 fully saturated rings. The summed E-state index contributed by atoms with van der Waals surface area (Å²) in [5.41, 5.74) is 6.93. The second-order valence-corrected chi connectivity index (χ2v) is 5.83.